The molecule has 0 unspecified atom stereocenters. The molecule has 0 aliphatic rings. The number of allylic oxidation sites excluding steroid dienone is 1. The number of nitrogens with zero attached hydrogens (tertiary/aromatic N) is 3. The number of aromatic nitrogens is 1. The van der Waals surface area contributed by atoms with Crippen LogP contribution in [0.1, 0.15) is 41.0 Å². The van der Waals surface area contributed by atoms with Crippen LogP contribution in [0.5, 0.6) is 0 Å². The van der Waals surface area contributed by atoms with E-state index in [4.69, 9.17) is 0 Å². The summed E-state index contributed by atoms with van der Waals surface area (Å²) in [5, 5.41) is 19.8. The van der Waals surface area contributed by atoms with Gasteiger partial charge in [-0.05, 0) is 37.5 Å². The maximum atomic E-state index is 13.0. The van der Waals surface area contributed by atoms with Crippen LogP contribution in [-0.4, -0.2) is 22.0 Å². The van der Waals surface area contributed by atoms with Gasteiger partial charge >= 0.3 is 0 Å². The second-order valence-electron chi connectivity index (χ2n) is 7.59. The lowest BCUT2D eigenvalue weighted by Crippen LogP contribution is -2.38. The third-order valence-corrected chi connectivity index (χ3v) is 4.88. The minimum atomic E-state index is -0.501. The molecule has 0 aliphatic heterocycles. The highest BCUT2D eigenvalue weighted by Crippen LogP contribution is 2.31. The van der Waals surface area contributed by atoms with Gasteiger partial charge in [0.05, 0.1) is 10.2 Å². The highest BCUT2D eigenvalue weighted by molar-refractivity contribution is 7.82. The van der Waals surface area contributed by atoms with Gasteiger partial charge in [0.1, 0.15) is 16.2 Å². The Morgan fingerprint density at radius 1 is 1.42 bits per heavy atom. The molecule has 1 aromatic carbocycles. The molecule has 1 amide bonds. The Bertz CT molecular complexity index is 902. The van der Waals surface area contributed by atoms with E-state index in [9.17, 15) is 15.2 Å². The summed E-state index contributed by atoms with van der Waals surface area (Å²) in [7, 11) is 0. The number of fused-ring (bicyclic) bond motifs is 1. The van der Waals surface area contributed by atoms with E-state index in [2.05, 4.69) is 17.6 Å². The molecule has 7 heteroatoms. The first-order chi connectivity index (χ1) is 12.0. The van der Waals surface area contributed by atoms with Gasteiger partial charge in [0, 0.05) is 18.2 Å². The lowest BCUT2D eigenvalue weighted by Gasteiger charge is -2.27. The number of anilines is 1. The molecule has 0 radical (unpaired) electrons. The minimum absolute atomic E-state index is 0.174. The van der Waals surface area contributed by atoms with Crippen molar-refractivity contribution in [2.75, 3.05) is 4.90 Å². The first kappa shape index (κ1) is 20.3. The number of aliphatic hydroxyl groups is 1. The van der Waals surface area contributed by atoms with E-state index in [0.717, 1.165) is 10.2 Å². The van der Waals surface area contributed by atoms with Crippen molar-refractivity contribution in [3.8, 4) is 6.07 Å². The average molecular weight is 390 g/mol. The van der Waals surface area contributed by atoms with Crippen molar-refractivity contribution in [1.82, 2.24) is 4.98 Å². The standard InChI is InChI=1S/C19H23N3O2S2/c1-11(2)22(12-6-7-14-16(8-12)26-18(25)21-14)17(24)13(10-20)15(23)9-19(3,4)5/h6-8,11,23H,9H2,1-5H3,(H,21,25)/b15-13-. The maximum absolute atomic E-state index is 13.0. The van der Waals surface area contributed by atoms with Crippen LogP contribution >= 0.6 is 24.0 Å². The lowest BCUT2D eigenvalue weighted by molar-refractivity contribution is -0.115. The lowest BCUT2D eigenvalue weighted by atomic mass is 9.90. The number of nitriles is 1. The minimum Gasteiger partial charge on any atom is -0.511 e. The van der Waals surface area contributed by atoms with Crippen LogP contribution in [0.4, 0.5) is 5.69 Å². The number of hydrogen-bond donors (Lipinski definition) is 2. The Kier molecular flexibility index (Phi) is 5.99. The molecule has 5 nitrogen and oxygen atoms in total. The van der Waals surface area contributed by atoms with Gasteiger partial charge in [0.15, 0.2) is 5.57 Å². The number of hydrogen-bond acceptors (Lipinski definition) is 6. The topological polar surface area (TPSA) is 77.2 Å². The van der Waals surface area contributed by atoms with E-state index in [1.165, 1.54) is 16.2 Å². The summed E-state index contributed by atoms with van der Waals surface area (Å²) in [6.45, 7) is 9.56. The number of thiol groups is 1. The smallest absolute Gasteiger partial charge is 0.272 e. The molecule has 0 atom stereocenters. The van der Waals surface area contributed by atoms with Gasteiger partial charge in [0.2, 0.25) is 0 Å². The zero-order valence-electron chi connectivity index (χ0n) is 15.6. The molecule has 0 saturated heterocycles. The van der Waals surface area contributed by atoms with Crippen molar-refractivity contribution >= 4 is 45.8 Å². The van der Waals surface area contributed by atoms with Crippen LogP contribution in [0.3, 0.4) is 0 Å². The number of carbonyl (C=O) groups is 1. The normalized spacial score (nSPS) is 12.8. The first-order valence-electron chi connectivity index (χ1n) is 8.29. The largest absolute Gasteiger partial charge is 0.511 e. The molecule has 1 N–H and O–H groups in total. The molecular weight excluding hydrogens is 366 g/mol. The molecule has 26 heavy (non-hydrogen) atoms. The van der Waals surface area contributed by atoms with E-state index >= 15 is 0 Å². The summed E-state index contributed by atoms with van der Waals surface area (Å²) in [5.74, 6) is -0.675. The summed E-state index contributed by atoms with van der Waals surface area (Å²) >= 11 is 5.69. The van der Waals surface area contributed by atoms with Crippen LogP contribution < -0.4 is 4.90 Å². The Hall–Kier alpha value is -2.04. The highest BCUT2D eigenvalue weighted by Gasteiger charge is 2.27. The molecule has 0 spiro atoms. The van der Waals surface area contributed by atoms with Crippen molar-refractivity contribution < 1.29 is 9.90 Å². The third-order valence-electron chi connectivity index (χ3n) is 3.69. The van der Waals surface area contributed by atoms with Gasteiger partial charge in [-0.2, -0.15) is 5.26 Å². The van der Waals surface area contributed by atoms with E-state index < -0.39 is 5.91 Å². The van der Waals surface area contributed by atoms with Gasteiger partial charge in [0.25, 0.3) is 5.91 Å². The molecule has 0 fully saturated rings. The number of rotatable bonds is 4. The van der Waals surface area contributed by atoms with E-state index in [1.807, 2.05) is 52.8 Å². The van der Waals surface area contributed by atoms with Gasteiger partial charge < -0.3 is 10.0 Å². The summed E-state index contributed by atoms with van der Waals surface area (Å²) < 4.78 is 1.56. The quantitative estimate of drug-likeness (QED) is 0.330. The third kappa shape index (κ3) is 4.57. The Labute approximate surface area is 163 Å². The number of carbonyl (C=O) groups excluding carboxylic acids is 1. The highest BCUT2D eigenvalue weighted by atomic mass is 32.2. The van der Waals surface area contributed by atoms with E-state index in [-0.39, 0.29) is 29.2 Å². The zero-order chi connectivity index (χ0) is 19.6. The molecule has 0 aliphatic carbocycles. The van der Waals surface area contributed by atoms with Crippen molar-refractivity contribution in [3.05, 3.63) is 29.5 Å². The maximum Gasteiger partial charge on any atom is 0.272 e. The van der Waals surface area contributed by atoms with E-state index in [1.54, 1.807) is 6.07 Å². The summed E-state index contributed by atoms with van der Waals surface area (Å²) in [6, 6.07) is 7.18. The zero-order valence-corrected chi connectivity index (χ0v) is 17.3. The molecular formula is C19H23N3O2S2. The summed E-state index contributed by atoms with van der Waals surface area (Å²) in [4.78, 5) is 18.9. The number of aliphatic hydroxyl groups excluding tert-OH is 1. The Balaban J connectivity index is 2.48. The van der Waals surface area contributed by atoms with Gasteiger partial charge in [-0.25, -0.2) is 4.98 Å². The van der Waals surface area contributed by atoms with E-state index in [0.29, 0.717) is 10.0 Å². The van der Waals surface area contributed by atoms with Crippen molar-refractivity contribution in [3.63, 3.8) is 0 Å². The number of amides is 1. The second kappa shape index (κ2) is 7.68. The number of benzene rings is 1. The molecule has 2 rings (SSSR count). The SMILES string of the molecule is CC(C)N(C(=O)/C(C#N)=C(\O)CC(C)(C)C)c1ccc2nc(S)sc2c1. The van der Waals surface area contributed by atoms with Crippen molar-refractivity contribution in [2.24, 2.45) is 5.41 Å². The Morgan fingerprint density at radius 2 is 2.08 bits per heavy atom. The summed E-state index contributed by atoms with van der Waals surface area (Å²) in [5.41, 5.74) is 1.02. The molecule has 138 valence electrons. The van der Waals surface area contributed by atoms with Gasteiger partial charge in [-0.1, -0.05) is 20.8 Å². The fraction of sp³-hybridized carbons (Fsp3) is 0.421. The molecule has 2 aromatic rings. The van der Waals surface area contributed by atoms with Crippen LogP contribution in [-0.2, 0) is 4.79 Å². The molecule has 1 heterocycles. The van der Waals surface area contributed by atoms with Crippen molar-refractivity contribution in [2.45, 2.75) is 51.4 Å². The number of thiazole rings is 1. The molecule has 1 aromatic heterocycles. The van der Waals surface area contributed by atoms with Crippen LogP contribution in [0.25, 0.3) is 10.2 Å². The fourth-order valence-corrected chi connectivity index (χ4v) is 3.79. The first-order valence-corrected chi connectivity index (χ1v) is 9.55. The van der Waals surface area contributed by atoms with Gasteiger partial charge in [-0.3, -0.25) is 4.79 Å². The average Bonchev–Trinajstić information content (AvgIpc) is 2.85. The van der Waals surface area contributed by atoms with Crippen LogP contribution in [0, 0.1) is 16.7 Å². The van der Waals surface area contributed by atoms with Gasteiger partial charge in [-0.15, -0.1) is 24.0 Å². The predicted molar refractivity (Wildman–Crippen MR) is 109 cm³/mol. The van der Waals surface area contributed by atoms with Crippen molar-refractivity contribution in [1.29, 1.82) is 5.26 Å². The predicted octanol–water partition coefficient (Wildman–Crippen LogP) is 5.10. The monoisotopic (exact) mass is 389 g/mol. The Morgan fingerprint density at radius 3 is 2.62 bits per heavy atom. The fourth-order valence-electron chi connectivity index (χ4n) is 2.65. The molecule has 0 saturated carbocycles. The second-order valence-corrected chi connectivity index (χ2v) is 9.35. The summed E-state index contributed by atoms with van der Waals surface area (Å²) in [6.07, 6.45) is 0.254. The molecule has 0 bridgehead atoms. The van der Waals surface area contributed by atoms with Crippen LogP contribution in [0.2, 0.25) is 0 Å². The van der Waals surface area contributed by atoms with Crippen LogP contribution in [0.15, 0.2) is 33.9 Å².